The van der Waals surface area contributed by atoms with Crippen LogP contribution in [0.5, 0.6) is 0 Å². The van der Waals surface area contributed by atoms with Crippen LogP contribution in [0.3, 0.4) is 0 Å². The van der Waals surface area contributed by atoms with Gasteiger partial charge >= 0.3 is 0 Å². The molecule has 2 heterocycles. The summed E-state index contributed by atoms with van der Waals surface area (Å²) in [5.74, 6) is 0.977. The molecule has 1 aliphatic rings. The van der Waals surface area contributed by atoms with Crippen LogP contribution < -0.4 is 10.6 Å². The summed E-state index contributed by atoms with van der Waals surface area (Å²) in [5, 5.41) is 0. The molecule has 1 fully saturated rings. The van der Waals surface area contributed by atoms with E-state index in [1.807, 2.05) is 31.0 Å². The van der Waals surface area contributed by atoms with Gasteiger partial charge in [0.05, 0.1) is 6.54 Å². The molecule has 5 heteroatoms. The van der Waals surface area contributed by atoms with E-state index in [1.165, 1.54) is 0 Å². The lowest BCUT2D eigenvalue weighted by Gasteiger charge is -2.24. The van der Waals surface area contributed by atoms with Gasteiger partial charge in [0.15, 0.2) is 0 Å². The standard InChI is InChI=1S/C13H20N4O/c1-10(14)11-5-3-6-15-13(11)17-8-4-7-16(2)12(18)9-17/h3,5-6,10H,4,7-9,14H2,1-2H3. The monoisotopic (exact) mass is 248 g/mol. The molecule has 1 amide bonds. The molecule has 1 saturated heterocycles. The smallest absolute Gasteiger partial charge is 0.241 e. The Morgan fingerprint density at radius 2 is 2.22 bits per heavy atom. The SMILES string of the molecule is CC(N)c1cccnc1N1CCCN(C)C(=O)C1. The van der Waals surface area contributed by atoms with Crippen LogP contribution in [0.4, 0.5) is 5.82 Å². The fraction of sp³-hybridized carbons (Fsp3) is 0.538. The zero-order valence-corrected chi connectivity index (χ0v) is 11.0. The fourth-order valence-electron chi connectivity index (χ4n) is 2.20. The van der Waals surface area contributed by atoms with Crippen LogP contribution >= 0.6 is 0 Å². The summed E-state index contributed by atoms with van der Waals surface area (Å²) < 4.78 is 0. The lowest BCUT2D eigenvalue weighted by atomic mass is 10.1. The third-order valence-corrected chi connectivity index (χ3v) is 3.28. The third kappa shape index (κ3) is 2.61. The number of hydrogen-bond acceptors (Lipinski definition) is 4. The quantitative estimate of drug-likeness (QED) is 0.839. The first-order valence-electron chi connectivity index (χ1n) is 6.29. The van der Waals surface area contributed by atoms with Gasteiger partial charge in [-0.15, -0.1) is 0 Å². The number of likely N-dealkylation sites (N-methyl/N-ethyl adjacent to an activating group) is 1. The Bertz CT molecular complexity index is 433. The molecule has 0 bridgehead atoms. The molecule has 0 saturated carbocycles. The Balaban J connectivity index is 2.28. The van der Waals surface area contributed by atoms with Crippen molar-refractivity contribution >= 4 is 11.7 Å². The Labute approximate surface area is 108 Å². The Kier molecular flexibility index (Phi) is 3.81. The van der Waals surface area contributed by atoms with Gasteiger partial charge in [-0.25, -0.2) is 4.98 Å². The highest BCUT2D eigenvalue weighted by atomic mass is 16.2. The average molecular weight is 248 g/mol. The van der Waals surface area contributed by atoms with Gasteiger partial charge in [0.1, 0.15) is 5.82 Å². The summed E-state index contributed by atoms with van der Waals surface area (Å²) in [5.41, 5.74) is 6.96. The molecule has 0 radical (unpaired) electrons. The normalized spacial score (nSPS) is 18.7. The molecule has 18 heavy (non-hydrogen) atoms. The Morgan fingerprint density at radius 3 is 2.94 bits per heavy atom. The van der Waals surface area contributed by atoms with E-state index < -0.39 is 0 Å². The number of aromatic nitrogens is 1. The van der Waals surface area contributed by atoms with Crippen LogP contribution in [0.2, 0.25) is 0 Å². The lowest BCUT2D eigenvalue weighted by Crippen LogP contribution is -2.35. The number of nitrogens with two attached hydrogens (primary N) is 1. The minimum absolute atomic E-state index is 0.0789. The van der Waals surface area contributed by atoms with E-state index in [0.717, 1.165) is 30.9 Å². The van der Waals surface area contributed by atoms with Crippen LogP contribution in [0.25, 0.3) is 0 Å². The van der Waals surface area contributed by atoms with E-state index in [9.17, 15) is 4.79 Å². The van der Waals surface area contributed by atoms with Crippen LogP contribution in [0.1, 0.15) is 24.9 Å². The van der Waals surface area contributed by atoms with Crippen molar-refractivity contribution in [3.63, 3.8) is 0 Å². The number of anilines is 1. The molecule has 98 valence electrons. The number of carbonyl (C=O) groups excluding carboxylic acids is 1. The van der Waals surface area contributed by atoms with E-state index in [1.54, 1.807) is 11.1 Å². The second-order valence-electron chi connectivity index (χ2n) is 4.80. The van der Waals surface area contributed by atoms with E-state index >= 15 is 0 Å². The molecule has 0 aromatic carbocycles. The maximum absolute atomic E-state index is 11.9. The van der Waals surface area contributed by atoms with E-state index in [0.29, 0.717) is 6.54 Å². The van der Waals surface area contributed by atoms with Gasteiger partial charge in [-0.2, -0.15) is 0 Å². The number of pyridine rings is 1. The summed E-state index contributed by atoms with van der Waals surface area (Å²) in [7, 11) is 1.84. The predicted molar refractivity (Wildman–Crippen MR) is 71.3 cm³/mol. The summed E-state index contributed by atoms with van der Waals surface area (Å²) in [6.07, 6.45) is 2.71. The van der Waals surface area contributed by atoms with Gasteiger partial charge < -0.3 is 15.5 Å². The molecule has 1 atom stereocenters. The predicted octanol–water partition coefficient (Wildman–Crippen LogP) is 0.770. The number of carbonyl (C=O) groups is 1. The van der Waals surface area contributed by atoms with Crippen molar-refractivity contribution in [2.45, 2.75) is 19.4 Å². The summed E-state index contributed by atoms with van der Waals surface area (Å²) in [6.45, 7) is 3.96. The molecule has 0 aliphatic carbocycles. The van der Waals surface area contributed by atoms with Gasteiger partial charge in [-0.3, -0.25) is 4.79 Å². The first kappa shape index (κ1) is 12.8. The van der Waals surface area contributed by atoms with Crippen molar-refractivity contribution < 1.29 is 4.79 Å². The van der Waals surface area contributed by atoms with Crippen LogP contribution in [0, 0.1) is 0 Å². The Morgan fingerprint density at radius 1 is 1.44 bits per heavy atom. The molecular formula is C13H20N4O. The van der Waals surface area contributed by atoms with Crippen molar-refractivity contribution in [3.8, 4) is 0 Å². The topological polar surface area (TPSA) is 62.5 Å². The van der Waals surface area contributed by atoms with E-state index in [2.05, 4.69) is 4.98 Å². The third-order valence-electron chi connectivity index (χ3n) is 3.28. The number of nitrogens with zero attached hydrogens (tertiary/aromatic N) is 3. The second-order valence-corrected chi connectivity index (χ2v) is 4.80. The van der Waals surface area contributed by atoms with Gasteiger partial charge in [0.25, 0.3) is 0 Å². The summed E-state index contributed by atoms with van der Waals surface area (Å²) >= 11 is 0. The highest BCUT2D eigenvalue weighted by Crippen LogP contribution is 2.23. The molecule has 2 N–H and O–H groups in total. The minimum Gasteiger partial charge on any atom is -0.347 e. The largest absolute Gasteiger partial charge is 0.347 e. The van der Waals surface area contributed by atoms with Crippen LogP contribution in [-0.2, 0) is 4.79 Å². The van der Waals surface area contributed by atoms with E-state index in [4.69, 9.17) is 5.73 Å². The second kappa shape index (κ2) is 5.35. The highest BCUT2D eigenvalue weighted by molar-refractivity contribution is 5.81. The maximum Gasteiger partial charge on any atom is 0.241 e. The lowest BCUT2D eigenvalue weighted by molar-refractivity contribution is -0.127. The molecule has 1 aromatic heterocycles. The maximum atomic E-state index is 11.9. The molecule has 1 unspecified atom stereocenters. The van der Waals surface area contributed by atoms with Crippen LogP contribution in [-0.4, -0.2) is 42.5 Å². The highest BCUT2D eigenvalue weighted by Gasteiger charge is 2.22. The molecule has 0 spiro atoms. The fourth-order valence-corrected chi connectivity index (χ4v) is 2.20. The first-order chi connectivity index (χ1) is 8.59. The molecule has 5 nitrogen and oxygen atoms in total. The summed E-state index contributed by atoms with van der Waals surface area (Å²) in [6, 6.07) is 3.78. The van der Waals surface area contributed by atoms with Crippen molar-refractivity contribution in [3.05, 3.63) is 23.9 Å². The van der Waals surface area contributed by atoms with E-state index in [-0.39, 0.29) is 11.9 Å². The molecule has 2 rings (SSSR count). The first-order valence-corrected chi connectivity index (χ1v) is 6.29. The Hall–Kier alpha value is -1.62. The van der Waals surface area contributed by atoms with Crippen molar-refractivity contribution in [1.82, 2.24) is 9.88 Å². The average Bonchev–Trinajstić information content (AvgIpc) is 2.52. The molecule has 1 aliphatic heterocycles. The number of hydrogen-bond donors (Lipinski definition) is 1. The van der Waals surface area contributed by atoms with Gasteiger partial charge in [-0.05, 0) is 19.4 Å². The zero-order valence-electron chi connectivity index (χ0n) is 11.0. The summed E-state index contributed by atoms with van der Waals surface area (Å²) in [4.78, 5) is 20.1. The minimum atomic E-state index is -0.0789. The molecule has 1 aromatic rings. The van der Waals surface area contributed by atoms with Crippen molar-refractivity contribution in [2.24, 2.45) is 5.73 Å². The van der Waals surface area contributed by atoms with Crippen LogP contribution in [0.15, 0.2) is 18.3 Å². The van der Waals surface area contributed by atoms with Gasteiger partial charge in [0, 0.05) is 37.9 Å². The number of amides is 1. The van der Waals surface area contributed by atoms with Crippen molar-refractivity contribution in [1.29, 1.82) is 0 Å². The zero-order chi connectivity index (χ0) is 13.1. The van der Waals surface area contributed by atoms with Gasteiger partial charge in [0.2, 0.25) is 5.91 Å². The number of rotatable bonds is 2. The van der Waals surface area contributed by atoms with Crippen molar-refractivity contribution in [2.75, 3.05) is 31.6 Å². The molecular weight excluding hydrogens is 228 g/mol. The van der Waals surface area contributed by atoms with Gasteiger partial charge in [-0.1, -0.05) is 6.07 Å².